The Bertz CT molecular complexity index is 723. The van der Waals surface area contributed by atoms with E-state index in [1.165, 1.54) is 12.1 Å². The number of amides is 2. The van der Waals surface area contributed by atoms with Crippen molar-refractivity contribution in [3.8, 4) is 0 Å². The first-order valence-corrected chi connectivity index (χ1v) is 5.63. The SMILES string of the molecule is O=C1c2ccccc2C(=O)N1c1ccc(F)c(F)c1F. The van der Waals surface area contributed by atoms with Gasteiger partial charge in [0.25, 0.3) is 11.8 Å². The van der Waals surface area contributed by atoms with Gasteiger partial charge in [0.15, 0.2) is 17.5 Å². The van der Waals surface area contributed by atoms with Crippen molar-refractivity contribution in [1.29, 1.82) is 0 Å². The number of benzene rings is 2. The van der Waals surface area contributed by atoms with Gasteiger partial charge >= 0.3 is 0 Å². The fourth-order valence-electron chi connectivity index (χ4n) is 2.10. The third-order valence-electron chi connectivity index (χ3n) is 3.05. The first-order valence-electron chi connectivity index (χ1n) is 5.63. The summed E-state index contributed by atoms with van der Waals surface area (Å²) >= 11 is 0. The number of hydrogen-bond donors (Lipinski definition) is 0. The highest BCUT2D eigenvalue weighted by Crippen LogP contribution is 2.31. The first kappa shape index (κ1) is 12.4. The van der Waals surface area contributed by atoms with Crippen LogP contribution < -0.4 is 4.90 Å². The monoisotopic (exact) mass is 277 g/mol. The quantitative estimate of drug-likeness (QED) is 0.593. The number of imide groups is 1. The zero-order chi connectivity index (χ0) is 14.4. The molecule has 2 aromatic rings. The average molecular weight is 277 g/mol. The van der Waals surface area contributed by atoms with Gasteiger partial charge in [0, 0.05) is 0 Å². The summed E-state index contributed by atoms with van der Waals surface area (Å²) in [6.45, 7) is 0. The van der Waals surface area contributed by atoms with Crippen LogP contribution >= 0.6 is 0 Å². The van der Waals surface area contributed by atoms with Gasteiger partial charge in [0.2, 0.25) is 0 Å². The fraction of sp³-hybridized carbons (Fsp3) is 0. The van der Waals surface area contributed by atoms with Gasteiger partial charge in [-0.3, -0.25) is 9.59 Å². The lowest BCUT2D eigenvalue weighted by Crippen LogP contribution is -2.30. The second kappa shape index (κ2) is 4.19. The molecular weight excluding hydrogens is 271 g/mol. The number of anilines is 1. The predicted octanol–water partition coefficient (Wildman–Crippen LogP) is 2.90. The number of carbonyl (C=O) groups excluding carboxylic acids is 2. The molecule has 1 aliphatic rings. The minimum Gasteiger partial charge on any atom is -0.268 e. The second-order valence-corrected chi connectivity index (χ2v) is 4.19. The minimum atomic E-state index is -1.72. The van der Waals surface area contributed by atoms with Crippen LogP contribution in [0.25, 0.3) is 0 Å². The average Bonchev–Trinajstić information content (AvgIpc) is 2.70. The molecule has 1 heterocycles. The van der Waals surface area contributed by atoms with Crippen LogP contribution in [0.1, 0.15) is 20.7 Å². The Morgan fingerprint density at radius 2 is 1.30 bits per heavy atom. The van der Waals surface area contributed by atoms with Crippen LogP contribution in [0, 0.1) is 17.5 Å². The molecule has 0 aliphatic carbocycles. The number of carbonyl (C=O) groups is 2. The zero-order valence-electron chi connectivity index (χ0n) is 9.86. The number of fused-ring (bicyclic) bond motifs is 1. The maximum Gasteiger partial charge on any atom is 0.266 e. The number of rotatable bonds is 1. The summed E-state index contributed by atoms with van der Waals surface area (Å²) in [6, 6.07) is 7.44. The number of nitrogens with zero attached hydrogens (tertiary/aromatic N) is 1. The summed E-state index contributed by atoms with van der Waals surface area (Å²) in [5.74, 6) is -6.22. The van der Waals surface area contributed by atoms with Crippen LogP contribution in [0.4, 0.5) is 18.9 Å². The Hall–Kier alpha value is -2.63. The van der Waals surface area contributed by atoms with Gasteiger partial charge in [0.05, 0.1) is 16.8 Å². The maximum absolute atomic E-state index is 13.7. The lowest BCUT2D eigenvalue weighted by molar-refractivity contribution is 0.0924. The van der Waals surface area contributed by atoms with Crippen molar-refractivity contribution in [3.05, 3.63) is 65.0 Å². The van der Waals surface area contributed by atoms with E-state index in [-0.39, 0.29) is 11.1 Å². The number of halogens is 3. The van der Waals surface area contributed by atoms with E-state index in [9.17, 15) is 22.8 Å². The van der Waals surface area contributed by atoms with E-state index >= 15 is 0 Å². The Labute approximate surface area is 111 Å². The van der Waals surface area contributed by atoms with E-state index in [4.69, 9.17) is 0 Å². The minimum absolute atomic E-state index is 0.0987. The van der Waals surface area contributed by atoms with Crippen LogP contribution in [0.5, 0.6) is 0 Å². The largest absolute Gasteiger partial charge is 0.268 e. The molecule has 0 saturated heterocycles. The van der Waals surface area contributed by atoms with Crippen LogP contribution in [0.2, 0.25) is 0 Å². The summed E-state index contributed by atoms with van der Waals surface area (Å²) in [6.07, 6.45) is 0. The van der Waals surface area contributed by atoms with Gasteiger partial charge in [-0.05, 0) is 24.3 Å². The van der Waals surface area contributed by atoms with Gasteiger partial charge in [-0.15, -0.1) is 0 Å². The van der Waals surface area contributed by atoms with Gasteiger partial charge in [-0.1, -0.05) is 12.1 Å². The molecule has 0 radical (unpaired) electrons. The van der Waals surface area contributed by atoms with Crippen molar-refractivity contribution in [2.24, 2.45) is 0 Å². The van der Waals surface area contributed by atoms with E-state index in [2.05, 4.69) is 0 Å². The molecular formula is C14H6F3NO2. The van der Waals surface area contributed by atoms with Gasteiger partial charge in [-0.25, -0.2) is 18.1 Å². The third kappa shape index (κ3) is 1.54. The molecule has 3 rings (SSSR count). The molecule has 6 heteroatoms. The molecule has 0 saturated carbocycles. The van der Waals surface area contributed by atoms with Crippen LogP contribution in [-0.2, 0) is 0 Å². The van der Waals surface area contributed by atoms with Crippen LogP contribution in [-0.4, -0.2) is 11.8 Å². The molecule has 0 spiro atoms. The van der Waals surface area contributed by atoms with Gasteiger partial charge in [-0.2, -0.15) is 0 Å². The molecule has 1 aliphatic heterocycles. The highest BCUT2D eigenvalue weighted by atomic mass is 19.2. The molecule has 20 heavy (non-hydrogen) atoms. The summed E-state index contributed by atoms with van der Waals surface area (Å²) < 4.78 is 39.9. The zero-order valence-corrected chi connectivity index (χ0v) is 9.86. The van der Waals surface area contributed by atoms with Crippen molar-refractivity contribution in [1.82, 2.24) is 0 Å². The summed E-state index contributed by atoms with van der Waals surface area (Å²) in [5, 5.41) is 0. The van der Waals surface area contributed by atoms with Crippen LogP contribution in [0.15, 0.2) is 36.4 Å². The molecule has 0 fully saturated rings. The van der Waals surface area contributed by atoms with E-state index in [0.717, 1.165) is 6.07 Å². The molecule has 3 nitrogen and oxygen atoms in total. The summed E-state index contributed by atoms with van der Waals surface area (Å²) in [4.78, 5) is 24.7. The van der Waals surface area contributed by atoms with Crippen LogP contribution in [0.3, 0.4) is 0 Å². The van der Waals surface area contributed by atoms with Crippen molar-refractivity contribution in [3.63, 3.8) is 0 Å². The smallest absolute Gasteiger partial charge is 0.266 e. The fourth-order valence-corrected chi connectivity index (χ4v) is 2.10. The summed E-state index contributed by atoms with van der Waals surface area (Å²) in [7, 11) is 0. The van der Waals surface area contributed by atoms with Crippen molar-refractivity contribution in [2.75, 3.05) is 4.90 Å². The molecule has 100 valence electrons. The lowest BCUT2D eigenvalue weighted by Gasteiger charge is -2.15. The number of hydrogen-bond acceptors (Lipinski definition) is 2. The Morgan fingerprint density at radius 1 is 0.750 bits per heavy atom. The first-order chi connectivity index (χ1) is 9.52. The van der Waals surface area contributed by atoms with E-state index in [1.807, 2.05) is 0 Å². The topological polar surface area (TPSA) is 37.4 Å². The van der Waals surface area contributed by atoms with Crippen molar-refractivity contribution >= 4 is 17.5 Å². The van der Waals surface area contributed by atoms with E-state index in [1.54, 1.807) is 12.1 Å². The Balaban J connectivity index is 2.17. The molecule has 0 bridgehead atoms. The highest BCUT2D eigenvalue weighted by molar-refractivity contribution is 6.34. The second-order valence-electron chi connectivity index (χ2n) is 4.19. The van der Waals surface area contributed by atoms with E-state index in [0.29, 0.717) is 11.0 Å². The predicted molar refractivity (Wildman–Crippen MR) is 63.9 cm³/mol. The summed E-state index contributed by atoms with van der Waals surface area (Å²) in [5.41, 5.74) is -0.404. The van der Waals surface area contributed by atoms with Crippen molar-refractivity contribution in [2.45, 2.75) is 0 Å². The molecule has 0 aromatic heterocycles. The van der Waals surface area contributed by atoms with Gasteiger partial charge in [0.1, 0.15) is 0 Å². The van der Waals surface area contributed by atoms with E-state index < -0.39 is 35.0 Å². The highest BCUT2D eigenvalue weighted by Gasteiger charge is 2.38. The molecule has 2 aromatic carbocycles. The molecule has 0 atom stereocenters. The third-order valence-corrected chi connectivity index (χ3v) is 3.05. The molecule has 2 amide bonds. The molecule has 0 N–H and O–H groups in total. The Morgan fingerprint density at radius 3 is 1.85 bits per heavy atom. The standard InChI is InChI=1S/C14H6F3NO2/c15-9-5-6-10(12(17)11(9)16)18-13(19)7-3-1-2-4-8(7)14(18)20/h1-6H. The van der Waals surface area contributed by atoms with Crippen molar-refractivity contribution < 1.29 is 22.8 Å². The maximum atomic E-state index is 13.7. The lowest BCUT2D eigenvalue weighted by atomic mass is 10.1. The molecule has 0 unspecified atom stereocenters. The van der Waals surface area contributed by atoms with Gasteiger partial charge < -0.3 is 0 Å². The Kier molecular flexibility index (Phi) is 2.60. The normalized spacial score (nSPS) is 13.8.